The zero-order valence-corrected chi connectivity index (χ0v) is 18.7. The van der Waals surface area contributed by atoms with Gasteiger partial charge in [-0.15, -0.1) is 0 Å². The molecule has 0 spiro atoms. The van der Waals surface area contributed by atoms with Crippen LogP contribution in [0.1, 0.15) is 47.4 Å². The molecule has 0 bridgehead atoms. The minimum absolute atomic E-state index is 0.135. The third-order valence-corrected chi connectivity index (χ3v) is 5.96. The molecule has 0 aliphatic carbocycles. The highest BCUT2D eigenvalue weighted by Gasteiger charge is 2.24. The van der Waals surface area contributed by atoms with Crippen molar-refractivity contribution in [2.45, 2.75) is 45.2 Å². The fourth-order valence-electron chi connectivity index (χ4n) is 4.36. The van der Waals surface area contributed by atoms with E-state index >= 15 is 0 Å². The molecular weight excluding hydrogens is 403 g/mol. The minimum atomic E-state index is -0.293. The Balaban J connectivity index is 1.40. The lowest BCUT2D eigenvalue weighted by atomic mass is 10.1. The van der Waals surface area contributed by atoms with Crippen molar-refractivity contribution in [3.05, 3.63) is 77.4 Å². The Kier molecular flexibility index (Phi) is 7.32. The van der Waals surface area contributed by atoms with Crippen molar-refractivity contribution >= 4 is 5.91 Å². The molecule has 0 atom stereocenters. The van der Waals surface area contributed by atoms with Gasteiger partial charge >= 0.3 is 0 Å². The van der Waals surface area contributed by atoms with Crippen LogP contribution in [-0.2, 0) is 19.5 Å². The fourth-order valence-corrected chi connectivity index (χ4v) is 4.36. The third kappa shape index (κ3) is 5.43. The standard InChI is InChI=1S/C26H31FN4O/c1-30(19-20-10-4-2-5-11-20)16-9-15-28-26(32)24-23-14-6-3-7-17-31(23)25(29-24)21-12-8-13-22(27)18-21/h2,4-5,8,10-13,18H,3,6-7,9,14-17,19H2,1H3,(H,28,32). The van der Waals surface area contributed by atoms with Crippen molar-refractivity contribution in [3.8, 4) is 11.4 Å². The highest BCUT2D eigenvalue weighted by molar-refractivity contribution is 5.94. The van der Waals surface area contributed by atoms with Gasteiger partial charge in [0.25, 0.3) is 5.91 Å². The molecule has 6 heteroatoms. The van der Waals surface area contributed by atoms with Gasteiger partial charge in [-0.3, -0.25) is 4.79 Å². The molecule has 3 aromatic rings. The second-order valence-corrected chi connectivity index (χ2v) is 8.54. The molecule has 2 heterocycles. The number of imidazole rings is 1. The average Bonchev–Trinajstić information content (AvgIpc) is 2.98. The van der Waals surface area contributed by atoms with Crippen LogP contribution < -0.4 is 5.32 Å². The largest absolute Gasteiger partial charge is 0.351 e. The Bertz CT molecular complexity index is 1050. The molecule has 1 aromatic heterocycles. The van der Waals surface area contributed by atoms with Gasteiger partial charge in [0.1, 0.15) is 17.3 Å². The number of nitrogens with zero attached hydrogens (tertiary/aromatic N) is 3. The first kappa shape index (κ1) is 22.2. The Morgan fingerprint density at radius 2 is 1.97 bits per heavy atom. The first-order valence-corrected chi connectivity index (χ1v) is 11.5. The van der Waals surface area contributed by atoms with Crippen molar-refractivity contribution < 1.29 is 9.18 Å². The number of rotatable bonds is 8. The number of halogens is 1. The molecule has 0 saturated carbocycles. The molecule has 2 aromatic carbocycles. The quantitative estimate of drug-likeness (QED) is 0.524. The second kappa shape index (κ2) is 10.6. The maximum absolute atomic E-state index is 13.8. The lowest BCUT2D eigenvalue weighted by Gasteiger charge is -2.16. The zero-order valence-electron chi connectivity index (χ0n) is 18.7. The van der Waals surface area contributed by atoms with Gasteiger partial charge in [0.15, 0.2) is 0 Å². The molecule has 1 N–H and O–H groups in total. The SMILES string of the molecule is CN(CCCNC(=O)c1nc(-c2cccc(F)c2)n2c1CCCCC2)Cc1ccccc1. The van der Waals surface area contributed by atoms with E-state index < -0.39 is 0 Å². The van der Waals surface area contributed by atoms with Crippen LogP contribution in [0.3, 0.4) is 0 Å². The van der Waals surface area contributed by atoms with E-state index in [-0.39, 0.29) is 11.7 Å². The average molecular weight is 435 g/mol. The van der Waals surface area contributed by atoms with Gasteiger partial charge in [-0.1, -0.05) is 48.9 Å². The van der Waals surface area contributed by atoms with E-state index in [1.165, 1.54) is 17.7 Å². The number of aromatic nitrogens is 2. The Hall–Kier alpha value is -2.99. The van der Waals surface area contributed by atoms with Crippen LogP contribution in [0.15, 0.2) is 54.6 Å². The summed E-state index contributed by atoms with van der Waals surface area (Å²) >= 11 is 0. The number of carbonyl (C=O) groups excluding carboxylic acids is 1. The summed E-state index contributed by atoms with van der Waals surface area (Å²) < 4.78 is 15.9. The summed E-state index contributed by atoms with van der Waals surface area (Å²) in [7, 11) is 2.09. The predicted octanol–water partition coefficient (Wildman–Crippen LogP) is 4.67. The van der Waals surface area contributed by atoms with Crippen molar-refractivity contribution in [1.82, 2.24) is 19.8 Å². The van der Waals surface area contributed by atoms with Crippen molar-refractivity contribution in [2.24, 2.45) is 0 Å². The topological polar surface area (TPSA) is 50.2 Å². The number of hydrogen-bond donors (Lipinski definition) is 1. The van der Waals surface area contributed by atoms with E-state index in [4.69, 9.17) is 0 Å². The van der Waals surface area contributed by atoms with E-state index in [0.29, 0.717) is 18.1 Å². The van der Waals surface area contributed by atoms with Gasteiger partial charge in [0.05, 0.1) is 5.69 Å². The zero-order chi connectivity index (χ0) is 22.3. The molecule has 4 rings (SSSR count). The monoisotopic (exact) mass is 434 g/mol. The van der Waals surface area contributed by atoms with E-state index in [9.17, 15) is 9.18 Å². The summed E-state index contributed by atoms with van der Waals surface area (Å²) in [6, 6.07) is 16.8. The van der Waals surface area contributed by atoms with E-state index in [1.807, 2.05) is 12.1 Å². The highest BCUT2D eigenvalue weighted by atomic mass is 19.1. The number of hydrogen-bond acceptors (Lipinski definition) is 3. The molecule has 0 saturated heterocycles. The molecule has 0 unspecified atom stereocenters. The minimum Gasteiger partial charge on any atom is -0.351 e. The maximum Gasteiger partial charge on any atom is 0.271 e. The van der Waals surface area contributed by atoms with Gasteiger partial charge in [0, 0.05) is 25.2 Å². The lowest BCUT2D eigenvalue weighted by Crippen LogP contribution is -2.29. The third-order valence-electron chi connectivity index (χ3n) is 5.96. The summed E-state index contributed by atoms with van der Waals surface area (Å²) in [5, 5.41) is 3.05. The number of nitrogens with one attached hydrogen (secondary N) is 1. The summed E-state index contributed by atoms with van der Waals surface area (Å²) in [4.78, 5) is 19.9. The number of carbonyl (C=O) groups is 1. The highest BCUT2D eigenvalue weighted by Crippen LogP contribution is 2.27. The van der Waals surface area contributed by atoms with Gasteiger partial charge in [-0.05, 0) is 57.0 Å². The van der Waals surface area contributed by atoms with E-state index in [0.717, 1.165) is 63.0 Å². The summed E-state index contributed by atoms with van der Waals surface area (Å²) in [6.07, 6.45) is 4.89. The van der Waals surface area contributed by atoms with Crippen molar-refractivity contribution in [1.29, 1.82) is 0 Å². The van der Waals surface area contributed by atoms with Crippen LogP contribution in [0.25, 0.3) is 11.4 Å². The van der Waals surface area contributed by atoms with Gasteiger partial charge in [-0.2, -0.15) is 0 Å². The maximum atomic E-state index is 13.8. The first-order chi connectivity index (χ1) is 15.6. The molecule has 1 amide bonds. The molecular formula is C26H31FN4O. The molecule has 5 nitrogen and oxygen atoms in total. The van der Waals surface area contributed by atoms with Crippen LogP contribution in [-0.4, -0.2) is 40.5 Å². The smallest absolute Gasteiger partial charge is 0.271 e. The number of benzene rings is 2. The van der Waals surface area contributed by atoms with Crippen LogP contribution in [0.4, 0.5) is 4.39 Å². The number of fused-ring (bicyclic) bond motifs is 1. The second-order valence-electron chi connectivity index (χ2n) is 8.54. The molecule has 1 aliphatic heterocycles. The Morgan fingerprint density at radius 1 is 1.12 bits per heavy atom. The van der Waals surface area contributed by atoms with Crippen molar-refractivity contribution in [2.75, 3.05) is 20.1 Å². The summed E-state index contributed by atoms with van der Waals surface area (Å²) in [5.41, 5.74) is 3.46. The van der Waals surface area contributed by atoms with Gasteiger partial charge < -0.3 is 14.8 Å². The molecule has 0 radical (unpaired) electrons. The molecule has 168 valence electrons. The van der Waals surface area contributed by atoms with E-state index in [1.54, 1.807) is 6.07 Å². The van der Waals surface area contributed by atoms with Gasteiger partial charge in [-0.25, -0.2) is 9.37 Å². The van der Waals surface area contributed by atoms with Crippen LogP contribution in [0, 0.1) is 5.82 Å². The lowest BCUT2D eigenvalue weighted by molar-refractivity contribution is 0.0946. The Morgan fingerprint density at radius 3 is 2.78 bits per heavy atom. The Labute approximate surface area is 189 Å². The number of amides is 1. The molecule has 0 fully saturated rings. The summed E-state index contributed by atoms with van der Waals surface area (Å²) in [5.74, 6) is 0.261. The first-order valence-electron chi connectivity index (χ1n) is 11.5. The predicted molar refractivity (Wildman–Crippen MR) is 125 cm³/mol. The van der Waals surface area contributed by atoms with Crippen LogP contribution in [0.5, 0.6) is 0 Å². The molecule has 1 aliphatic rings. The fraction of sp³-hybridized carbons (Fsp3) is 0.385. The van der Waals surface area contributed by atoms with Crippen molar-refractivity contribution in [3.63, 3.8) is 0 Å². The normalized spacial score (nSPS) is 13.6. The van der Waals surface area contributed by atoms with E-state index in [2.05, 4.69) is 51.1 Å². The molecule has 32 heavy (non-hydrogen) atoms. The van der Waals surface area contributed by atoms with Crippen LogP contribution >= 0.6 is 0 Å². The van der Waals surface area contributed by atoms with Crippen LogP contribution in [0.2, 0.25) is 0 Å². The summed E-state index contributed by atoms with van der Waals surface area (Å²) in [6.45, 7) is 3.19. The van der Waals surface area contributed by atoms with Gasteiger partial charge in [0.2, 0.25) is 0 Å².